The Labute approximate surface area is 259 Å². The first-order chi connectivity index (χ1) is 19.7. The summed E-state index contributed by atoms with van der Waals surface area (Å²) in [5.74, 6) is -7.30. The molecule has 1 aliphatic heterocycles. The largest absolute Gasteiger partial charge is 0.358 e. The SMILES string of the molecule is O=C(Nc1ccc(F)c(NC(=O)C(F)F)c1F)c1cc(NC2OC2C2C(c3cc(Cl)c(F)c(Cl)c3)C2(Cl)Cl)ccc1Cl. The van der Waals surface area contributed by atoms with E-state index in [1.807, 2.05) is 0 Å². The van der Waals surface area contributed by atoms with Gasteiger partial charge in [-0.15, -0.1) is 23.2 Å². The Morgan fingerprint density at radius 3 is 2.19 bits per heavy atom. The number of hydrogen-bond donors (Lipinski definition) is 3. The van der Waals surface area contributed by atoms with Gasteiger partial charge < -0.3 is 20.7 Å². The predicted molar refractivity (Wildman–Crippen MR) is 150 cm³/mol. The number of alkyl halides is 4. The van der Waals surface area contributed by atoms with Gasteiger partial charge in [-0.25, -0.2) is 13.2 Å². The predicted octanol–water partition coefficient (Wildman–Crippen LogP) is 8.24. The number of epoxide rings is 1. The van der Waals surface area contributed by atoms with Gasteiger partial charge in [-0.2, -0.15) is 8.78 Å². The van der Waals surface area contributed by atoms with Crippen LogP contribution in [0.2, 0.25) is 15.1 Å². The van der Waals surface area contributed by atoms with Crippen LogP contribution in [0.15, 0.2) is 42.5 Å². The van der Waals surface area contributed by atoms with E-state index in [1.165, 1.54) is 35.6 Å². The molecule has 3 N–H and O–H groups in total. The molecule has 0 aromatic heterocycles. The molecule has 16 heteroatoms. The lowest BCUT2D eigenvalue weighted by Crippen LogP contribution is -2.22. The number of benzene rings is 3. The summed E-state index contributed by atoms with van der Waals surface area (Å²) >= 11 is 31.0. The molecule has 2 aliphatic rings. The van der Waals surface area contributed by atoms with E-state index >= 15 is 0 Å². The number of anilines is 3. The second-order valence-corrected chi connectivity index (χ2v) is 12.0. The average molecular weight is 690 g/mol. The van der Waals surface area contributed by atoms with Gasteiger partial charge >= 0.3 is 6.43 Å². The van der Waals surface area contributed by atoms with Gasteiger partial charge in [-0.05, 0) is 48.0 Å². The number of hydrogen-bond acceptors (Lipinski definition) is 4. The molecule has 0 spiro atoms. The second-order valence-electron chi connectivity index (χ2n) is 9.36. The van der Waals surface area contributed by atoms with Gasteiger partial charge in [0, 0.05) is 17.5 Å². The summed E-state index contributed by atoms with van der Waals surface area (Å²) in [6.45, 7) is 0. The molecule has 1 saturated heterocycles. The first-order valence-electron chi connectivity index (χ1n) is 11.8. The summed E-state index contributed by atoms with van der Waals surface area (Å²) in [5, 5.41) is 6.26. The molecule has 1 saturated carbocycles. The number of carbonyl (C=O) groups is 2. The lowest BCUT2D eigenvalue weighted by molar-refractivity contribution is -0.126. The summed E-state index contributed by atoms with van der Waals surface area (Å²) in [6.07, 6.45) is -4.59. The first kappa shape index (κ1) is 30.9. The van der Waals surface area contributed by atoms with Crippen LogP contribution < -0.4 is 16.0 Å². The molecule has 5 rings (SSSR count). The van der Waals surface area contributed by atoms with Gasteiger partial charge in [-0.3, -0.25) is 9.59 Å². The molecule has 3 aromatic carbocycles. The Bertz CT molecular complexity index is 1590. The van der Waals surface area contributed by atoms with Crippen molar-refractivity contribution in [1.82, 2.24) is 0 Å². The van der Waals surface area contributed by atoms with Crippen LogP contribution in [-0.4, -0.2) is 34.9 Å². The zero-order valence-corrected chi connectivity index (χ0v) is 24.2. The normalized spacial score (nSPS) is 22.1. The minimum Gasteiger partial charge on any atom is -0.358 e. The van der Waals surface area contributed by atoms with E-state index in [9.17, 15) is 31.5 Å². The topological polar surface area (TPSA) is 82.8 Å². The van der Waals surface area contributed by atoms with Gasteiger partial charge in [-0.1, -0.05) is 34.8 Å². The van der Waals surface area contributed by atoms with Crippen LogP contribution in [0.3, 0.4) is 0 Å². The third-order valence-electron chi connectivity index (χ3n) is 6.66. The average Bonchev–Trinajstić information content (AvgIpc) is 3.80. The minimum atomic E-state index is -3.53. The number of ether oxygens (including phenoxy) is 1. The van der Waals surface area contributed by atoms with Crippen LogP contribution in [0.1, 0.15) is 21.8 Å². The summed E-state index contributed by atoms with van der Waals surface area (Å²) in [5.41, 5.74) is -1.00. The summed E-state index contributed by atoms with van der Waals surface area (Å²) in [6, 6.07) is 8.54. The molecule has 6 nitrogen and oxygen atoms in total. The molecule has 4 atom stereocenters. The van der Waals surface area contributed by atoms with Gasteiger partial charge in [0.2, 0.25) is 0 Å². The fourth-order valence-corrected chi connectivity index (χ4v) is 6.15. The number of halogens is 10. The van der Waals surface area contributed by atoms with Gasteiger partial charge in [0.15, 0.2) is 17.9 Å². The highest BCUT2D eigenvalue weighted by Gasteiger charge is 2.72. The van der Waals surface area contributed by atoms with Crippen LogP contribution in [0.5, 0.6) is 0 Å². The lowest BCUT2D eigenvalue weighted by atomic mass is 10.1. The molecule has 0 bridgehead atoms. The molecule has 42 heavy (non-hydrogen) atoms. The minimum absolute atomic E-state index is 0.0343. The molecule has 222 valence electrons. The maximum atomic E-state index is 14.8. The maximum Gasteiger partial charge on any atom is 0.315 e. The van der Waals surface area contributed by atoms with E-state index in [4.69, 9.17) is 62.7 Å². The molecule has 1 heterocycles. The Kier molecular flexibility index (Phi) is 8.47. The molecule has 2 fully saturated rings. The van der Waals surface area contributed by atoms with Crippen molar-refractivity contribution in [3.63, 3.8) is 0 Å². The number of carbonyl (C=O) groups excluding carboxylic acids is 2. The zero-order valence-electron chi connectivity index (χ0n) is 20.4. The standard InChI is InChI=1S/C26H15Cl5F5N3O3/c27-11-2-1-9(7-10(11)23(40)38-15-4-3-14(32)20(19(15)34)39-24(41)22(35)36)37-25-21(42-25)17-16(26(17,30)31)8-5-12(28)18(33)13(29)6-8/h1-7,16-17,21-22,25,37H,(H,38,40)(H,39,41). The third kappa shape index (κ3) is 5.95. The van der Waals surface area contributed by atoms with Crippen molar-refractivity contribution in [1.29, 1.82) is 0 Å². The van der Waals surface area contributed by atoms with Crippen molar-refractivity contribution >= 4 is 86.9 Å². The van der Waals surface area contributed by atoms with Crippen molar-refractivity contribution in [2.75, 3.05) is 16.0 Å². The van der Waals surface area contributed by atoms with Crippen molar-refractivity contribution in [2.45, 2.75) is 29.0 Å². The molecular weight excluding hydrogens is 675 g/mol. The highest BCUT2D eigenvalue weighted by molar-refractivity contribution is 6.52. The van der Waals surface area contributed by atoms with Crippen molar-refractivity contribution in [3.8, 4) is 0 Å². The van der Waals surface area contributed by atoms with Crippen molar-refractivity contribution < 1.29 is 36.3 Å². The van der Waals surface area contributed by atoms with Crippen molar-refractivity contribution in [2.24, 2.45) is 5.92 Å². The van der Waals surface area contributed by atoms with Crippen LogP contribution in [0, 0.1) is 23.4 Å². The van der Waals surface area contributed by atoms with E-state index < -0.39 is 75.6 Å². The quantitative estimate of drug-likeness (QED) is 0.0964. The first-order valence-corrected chi connectivity index (χ1v) is 13.7. The highest BCUT2D eigenvalue weighted by atomic mass is 35.5. The van der Waals surface area contributed by atoms with Crippen LogP contribution in [0.4, 0.5) is 39.0 Å². The highest BCUT2D eigenvalue weighted by Crippen LogP contribution is 2.69. The third-order valence-corrected chi connectivity index (χ3v) is 8.51. The maximum absolute atomic E-state index is 14.8. The smallest absolute Gasteiger partial charge is 0.315 e. The van der Waals surface area contributed by atoms with Gasteiger partial charge in [0.05, 0.1) is 26.3 Å². The molecule has 1 aliphatic carbocycles. The molecule has 0 radical (unpaired) electrons. The zero-order chi connectivity index (χ0) is 30.7. The van der Waals surface area contributed by atoms with Crippen LogP contribution in [-0.2, 0) is 9.53 Å². The summed E-state index contributed by atoms with van der Waals surface area (Å²) < 4.78 is 72.1. The monoisotopic (exact) mass is 687 g/mol. The fraction of sp³-hybridized carbons (Fsp3) is 0.231. The summed E-state index contributed by atoms with van der Waals surface area (Å²) in [7, 11) is 0. The van der Waals surface area contributed by atoms with Crippen LogP contribution in [0.25, 0.3) is 0 Å². The number of nitrogens with one attached hydrogen (secondary N) is 3. The Morgan fingerprint density at radius 2 is 1.55 bits per heavy atom. The van der Waals surface area contributed by atoms with E-state index in [0.29, 0.717) is 17.3 Å². The molecule has 3 aromatic rings. The second kappa shape index (κ2) is 11.5. The Hall–Kier alpha value is -2.54. The summed E-state index contributed by atoms with van der Waals surface area (Å²) in [4.78, 5) is 24.1. The molecule has 4 unspecified atom stereocenters. The van der Waals surface area contributed by atoms with E-state index in [1.54, 1.807) is 0 Å². The van der Waals surface area contributed by atoms with Gasteiger partial charge in [0.1, 0.15) is 21.9 Å². The molecular formula is C26H15Cl5F5N3O3. The van der Waals surface area contributed by atoms with Gasteiger partial charge in [0.25, 0.3) is 11.8 Å². The number of amides is 2. The van der Waals surface area contributed by atoms with E-state index in [0.717, 1.165) is 6.07 Å². The van der Waals surface area contributed by atoms with E-state index in [-0.39, 0.29) is 20.6 Å². The Morgan fingerprint density at radius 1 is 0.881 bits per heavy atom. The van der Waals surface area contributed by atoms with Crippen LogP contribution >= 0.6 is 58.0 Å². The fourth-order valence-electron chi connectivity index (χ4n) is 4.54. The van der Waals surface area contributed by atoms with Crippen molar-refractivity contribution in [3.05, 3.63) is 86.1 Å². The molecule has 2 amide bonds. The Balaban J connectivity index is 1.28. The number of rotatable bonds is 8. The lowest BCUT2D eigenvalue weighted by Gasteiger charge is -2.13. The van der Waals surface area contributed by atoms with E-state index in [2.05, 4.69) is 10.6 Å².